The van der Waals surface area contributed by atoms with Gasteiger partial charge in [0.25, 0.3) is 0 Å². The normalized spacial score (nSPS) is 13.7. The van der Waals surface area contributed by atoms with Gasteiger partial charge < -0.3 is 5.32 Å². The van der Waals surface area contributed by atoms with Crippen LogP contribution in [0.2, 0.25) is 0 Å². The van der Waals surface area contributed by atoms with Crippen molar-refractivity contribution in [2.75, 3.05) is 0 Å². The second kappa shape index (κ2) is 6.51. The molecule has 19 heavy (non-hydrogen) atoms. The molecule has 0 amide bonds. The molecule has 0 aliphatic rings. The Morgan fingerprint density at radius 3 is 2.79 bits per heavy atom. The summed E-state index contributed by atoms with van der Waals surface area (Å²) in [6.45, 7) is 4.34. The number of hydrogen-bond acceptors (Lipinski definition) is 3. The molecule has 2 aromatic rings. The third kappa shape index (κ3) is 3.92. The molecule has 0 bridgehead atoms. The average molecular weight is 270 g/mol. The summed E-state index contributed by atoms with van der Waals surface area (Å²) < 4.78 is 0. The van der Waals surface area contributed by atoms with E-state index in [4.69, 9.17) is 5.26 Å². The lowest BCUT2D eigenvalue weighted by Gasteiger charge is -2.20. The standard InChI is InChI=1S/C16H18N2S/c1-12(9-16-7-4-8-19-16)18-13(2)15-6-3-5-14(10-15)11-17/h3-8,10,12-13,18H,9H2,1-2H3. The van der Waals surface area contributed by atoms with Gasteiger partial charge in [-0.05, 0) is 49.4 Å². The van der Waals surface area contributed by atoms with Gasteiger partial charge in [0.15, 0.2) is 0 Å². The minimum Gasteiger partial charge on any atom is -0.307 e. The highest BCUT2D eigenvalue weighted by molar-refractivity contribution is 7.09. The SMILES string of the molecule is CC(Cc1cccs1)NC(C)c1cccc(C#N)c1. The molecular weight excluding hydrogens is 252 g/mol. The van der Waals surface area contributed by atoms with Gasteiger partial charge in [0, 0.05) is 17.0 Å². The van der Waals surface area contributed by atoms with E-state index in [0.29, 0.717) is 6.04 Å². The molecule has 2 unspecified atom stereocenters. The monoisotopic (exact) mass is 270 g/mol. The first-order valence-corrected chi connectivity index (χ1v) is 7.35. The van der Waals surface area contributed by atoms with Crippen LogP contribution in [0.4, 0.5) is 0 Å². The maximum absolute atomic E-state index is 8.93. The van der Waals surface area contributed by atoms with Gasteiger partial charge in [-0.2, -0.15) is 5.26 Å². The van der Waals surface area contributed by atoms with Crippen molar-refractivity contribution in [1.29, 1.82) is 5.26 Å². The molecule has 2 rings (SSSR count). The predicted octanol–water partition coefficient (Wildman–Crippen LogP) is 3.90. The molecule has 3 heteroatoms. The first-order valence-electron chi connectivity index (χ1n) is 6.47. The van der Waals surface area contributed by atoms with Crippen molar-refractivity contribution in [3.05, 3.63) is 57.8 Å². The summed E-state index contributed by atoms with van der Waals surface area (Å²) in [4.78, 5) is 1.40. The molecule has 2 atom stereocenters. The van der Waals surface area contributed by atoms with Gasteiger partial charge in [-0.3, -0.25) is 0 Å². The van der Waals surface area contributed by atoms with Crippen LogP contribution >= 0.6 is 11.3 Å². The summed E-state index contributed by atoms with van der Waals surface area (Å²) in [5.74, 6) is 0. The largest absolute Gasteiger partial charge is 0.307 e. The molecule has 0 saturated heterocycles. The lowest BCUT2D eigenvalue weighted by Crippen LogP contribution is -2.30. The summed E-state index contributed by atoms with van der Waals surface area (Å²) in [6.07, 6.45) is 1.04. The average Bonchev–Trinajstić information content (AvgIpc) is 2.91. The lowest BCUT2D eigenvalue weighted by molar-refractivity contribution is 0.479. The van der Waals surface area contributed by atoms with E-state index < -0.39 is 0 Å². The van der Waals surface area contributed by atoms with Gasteiger partial charge in [-0.1, -0.05) is 18.2 Å². The number of hydrogen-bond donors (Lipinski definition) is 1. The fourth-order valence-corrected chi connectivity index (χ4v) is 3.03. The third-order valence-electron chi connectivity index (χ3n) is 3.14. The van der Waals surface area contributed by atoms with Crippen molar-refractivity contribution in [3.8, 4) is 6.07 Å². The highest BCUT2D eigenvalue weighted by Gasteiger charge is 2.10. The van der Waals surface area contributed by atoms with Crippen molar-refractivity contribution < 1.29 is 0 Å². The van der Waals surface area contributed by atoms with Crippen LogP contribution in [0.15, 0.2) is 41.8 Å². The minimum atomic E-state index is 0.253. The van der Waals surface area contributed by atoms with Crippen LogP contribution in [-0.2, 0) is 6.42 Å². The molecule has 0 aliphatic carbocycles. The number of thiophene rings is 1. The number of rotatable bonds is 5. The number of nitrogens with one attached hydrogen (secondary N) is 1. The summed E-state index contributed by atoms with van der Waals surface area (Å²) >= 11 is 1.80. The molecule has 2 nitrogen and oxygen atoms in total. The number of nitriles is 1. The van der Waals surface area contributed by atoms with Gasteiger partial charge in [-0.15, -0.1) is 11.3 Å². The first-order chi connectivity index (χ1) is 9.19. The second-order valence-electron chi connectivity index (χ2n) is 4.81. The zero-order chi connectivity index (χ0) is 13.7. The van der Waals surface area contributed by atoms with E-state index in [1.54, 1.807) is 11.3 Å². The van der Waals surface area contributed by atoms with E-state index in [0.717, 1.165) is 17.5 Å². The van der Waals surface area contributed by atoms with Gasteiger partial charge in [-0.25, -0.2) is 0 Å². The summed E-state index contributed by atoms with van der Waals surface area (Å²) in [5.41, 5.74) is 1.88. The smallest absolute Gasteiger partial charge is 0.0991 e. The van der Waals surface area contributed by atoms with Crippen molar-refractivity contribution in [2.45, 2.75) is 32.4 Å². The van der Waals surface area contributed by atoms with Crippen LogP contribution in [0.5, 0.6) is 0 Å². The van der Waals surface area contributed by atoms with E-state index in [1.807, 2.05) is 18.2 Å². The second-order valence-corrected chi connectivity index (χ2v) is 5.84. The van der Waals surface area contributed by atoms with E-state index in [2.05, 4.69) is 48.8 Å². The number of nitrogens with zero attached hydrogens (tertiary/aromatic N) is 1. The molecular formula is C16H18N2S. The van der Waals surface area contributed by atoms with Crippen molar-refractivity contribution in [1.82, 2.24) is 5.32 Å². The molecule has 0 fully saturated rings. The Morgan fingerprint density at radius 1 is 1.26 bits per heavy atom. The van der Waals surface area contributed by atoms with Crippen molar-refractivity contribution >= 4 is 11.3 Å². The molecule has 1 N–H and O–H groups in total. The Hall–Kier alpha value is -1.63. The fraction of sp³-hybridized carbons (Fsp3) is 0.312. The zero-order valence-electron chi connectivity index (χ0n) is 11.3. The van der Waals surface area contributed by atoms with Gasteiger partial charge in [0.05, 0.1) is 11.6 Å². The highest BCUT2D eigenvalue weighted by atomic mass is 32.1. The van der Waals surface area contributed by atoms with Crippen LogP contribution in [0, 0.1) is 11.3 Å². The molecule has 1 aromatic heterocycles. The third-order valence-corrected chi connectivity index (χ3v) is 4.04. The molecule has 0 spiro atoms. The Bertz CT molecular complexity index is 554. The maximum atomic E-state index is 8.93. The van der Waals surface area contributed by atoms with Crippen LogP contribution in [0.1, 0.15) is 35.9 Å². The highest BCUT2D eigenvalue weighted by Crippen LogP contribution is 2.17. The predicted molar refractivity (Wildman–Crippen MR) is 80.2 cm³/mol. The van der Waals surface area contributed by atoms with Gasteiger partial charge >= 0.3 is 0 Å². The van der Waals surface area contributed by atoms with Crippen molar-refractivity contribution in [3.63, 3.8) is 0 Å². The van der Waals surface area contributed by atoms with E-state index in [9.17, 15) is 0 Å². The fourth-order valence-electron chi connectivity index (χ4n) is 2.19. The maximum Gasteiger partial charge on any atom is 0.0991 e. The van der Waals surface area contributed by atoms with Crippen molar-refractivity contribution in [2.24, 2.45) is 0 Å². The Kier molecular flexibility index (Phi) is 4.73. The molecule has 1 aromatic carbocycles. The van der Waals surface area contributed by atoms with Gasteiger partial charge in [0.1, 0.15) is 0 Å². The Balaban J connectivity index is 1.96. The van der Waals surface area contributed by atoms with E-state index in [1.165, 1.54) is 4.88 Å². The molecule has 98 valence electrons. The lowest BCUT2D eigenvalue weighted by atomic mass is 10.0. The Morgan fingerprint density at radius 2 is 2.11 bits per heavy atom. The summed E-state index contributed by atoms with van der Waals surface area (Å²) in [5, 5.41) is 14.6. The van der Waals surface area contributed by atoms with Crippen LogP contribution in [-0.4, -0.2) is 6.04 Å². The zero-order valence-corrected chi connectivity index (χ0v) is 12.1. The summed E-state index contributed by atoms with van der Waals surface area (Å²) in [7, 11) is 0. The van der Waals surface area contributed by atoms with Gasteiger partial charge in [0.2, 0.25) is 0 Å². The van der Waals surface area contributed by atoms with Crippen LogP contribution in [0.3, 0.4) is 0 Å². The molecule has 0 aliphatic heterocycles. The van der Waals surface area contributed by atoms with Crippen LogP contribution < -0.4 is 5.32 Å². The minimum absolute atomic E-state index is 0.253. The number of benzene rings is 1. The van der Waals surface area contributed by atoms with E-state index >= 15 is 0 Å². The first kappa shape index (κ1) is 13.8. The summed E-state index contributed by atoms with van der Waals surface area (Å²) in [6, 6.07) is 14.9. The van der Waals surface area contributed by atoms with E-state index in [-0.39, 0.29) is 6.04 Å². The quantitative estimate of drug-likeness (QED) is 0.894. The van der Waals surface area contributed by atoms with Crippen LogP contribution in [0.25, 0.3) is 0 Å². The molecule has 0 saturated carbocycles. The topological polar surface area (TPSA) is 35.8 Å². The molecule has 0 radical (unpaired) electrons. The Labute approximate surface area is 118 Å². The molecule has 1 heterocycles.